The maximum atomic E-state index is 12.9. The molecule has 2 amide bonds. The van der Waals surface area contributed by atoms with E-state index in [9.17, 15) is 9.59 Å². The van der Waals surface area contributed by atoms with E-state index in [4.69, 9.17) is 4.74 Å². The van der Waals surface area contributed by atoms with Gasteiger partial charge in [0.1, 0.15) is 11.8 Å². The summed E-state index contributed by atoms with van der Waals surface area (Å²) in [5.41, 5.74) is 2.13. The Morgan fingerprint density at radius 3 is 2.30 bits per heavy atom. The van der Waals surface area contributed by atoms with Gasteiger partial charge in [0, 0.05) is 17.2 Å². The van der Waals surface area contributed by atoms with E-state index in [0.717, 1.165) is 14.7 Å². The highest BCUT2D eigenvalue weighted by Crippen LogP contribution is 2.16. The van der Waals surface area contributed by atoms with Crippen molar-refractivity contribution in [3.05, 3.63) is 63.2 Å². The number of hydrogen-bond donors (Lipinski definition) is 1. The minimum atomic E-state index is -0.538. The Kier molecular flexibility index (Phi) is 8.09. The summed E-state index contributed by atoms with van der Waals surface area (Å²) < 4.78 is 6.74. The largest absolute Gasteiger partial charge is 0.484 e. The van der Waals surface area contributed by atoms with Crippen LogP contribution in [0.3, 0.4) is 0 Å². The lowest BCUT2D eigenvalue weighted by molar-refractivity contribution is -0.142. The Bertz CT molecular complexity index is 760. The van der Waals surface area contributed by atoms with Gasteiger partial charge < -0.3 is 15.0 Å². The van der Waals surface area contributed by atoms with E-state index in [1.807, 2.05) is 62.4 Å². The van der Waals surface area contributed by atoms with Gasteiger partial charge in [-0.05, 0) is 65.8 Å². The van der Waals surface area contributed by atoms with E-state index in [0.29, 0.717) is 18.7 Å². The first-order chi connectivity index (χ1) is 12.9. The highest BCUT2D eigenvalue weighted by Gasteiger charge is 2.28. The molecule has 6 heteroatoms. The number of halogens is 1. The number of amides is 2. The highest BCUT2D eigenvalue weighted by atomic mass is 127. The number of nitrogens with zero attached hydrogens (tertiary/aromatic N) is 1. The standard InChI is InChI=1S/C21H25IN2O3/c1-4-19(21(26)23-3)24(13-16-7-5-15(2)6-8-16)20(25)14-27-18-11-9-17(22)10-12-18/h5-12,19H,4,13-14H2,1-3H3,(H,23,26)/t19-/m1/s1. The van der Waals surface area contributed by atoms with Crippen LogP contribution in [0.25, 0.3) is 0 Å². The van der Waals surface area contributed by atoms with Gasteiger partial charge in [-0.25, -0.2) is 0 Å². The normalized spacial score (nSPS) is 11.6. The summed E-state index contributed by atoms with van der Waals surface area (Å²) in [4.78, 5) is 26.8. The van der Waals surface area contributed by atoms with Gasteiger partial charge in [-0.1, -0.05) is 36.8 Å². The van der Waals surface area contributed by atoms with Crippen LogP contribution in [0.4, 0.5) is 0 Å². The first-order valence-electron chi connectivity index (χ1n) is 8.89. The van der Waals surface area contributed by atoms with E-state index in [2.05, 4.69) is 27.9 Å². The molecular formula is C21H25IN2O3. The molecule has 0 spiro atoms. The Balaban J connectivity index is 2.15. The quantitative estimate of drug-likeness (QED) is 0.589. The first-order valence-corrected chi connectivity index (χ1v) is 9.97. The lowest BCUT2D eigenvalue weighted by Gasteiger charge is -2.30. The van der Waals surface area contributed by atoms with E-state index in [1.54, 1.807) is 11.9 Å². The molecule has 0 fully saturated rings. The van der Waals surface area contributed by atoms with Crippen LogP contribution in [0.15, 0.2) is 48.5 Å². The molecule has 0 saturated heterocycles. The van der Waals surface area contributed by atoms with Crippen molar-refractivity contribution in [1.29, 1.82) is 0 Å². The van der Waals surface area contributed by atoms with Crippen molar-refractivity contribution in [2.45, 2.75) is 32.9 Å². The van der Waals surface area contributed by atoms with E-state index in [-0.39, 0.29) is 18.4 Å². The van der Waals surface area contributed by atoms with E-state index in [1.165, 1.54) is 0 Å². The summed E-state index contributed by atoms with van der Waals surface area (Å²) in [6.45, 7) is 4.16. The fourth-order valence-electron chi connectivity index (χ4n) is 2.74. The van der Waals surface area contributed by atoms with Gasteiger partial charge in [-0.3, -0.25) is 9.59 Å². The monoisotopic (exact) mass is 480 g/mol. The molecular weight excluding hydrogens is 455 g/mol. The molecule has 144 valence electrons. The number of aryl methyl sites for hydroxylation is 1. The molecule has 0 radical (unpaired) electrons. The van der Waals surface area contributed by atoms with Crippen molar-refractivity contribution in [3.8, 4) is 5.75 Å². The van der Waals surface area contributed by atoms with E-state index < -0.39 is 6.04 Å². The molecule has 0 heterocycles. The minimum absolute atomic E-state index is 0.111. The molecule has 0 aliphatic heterocycles. The van der Waals surface area contributed by atoms with Crippen molar-refractivity contribution in [3.63, 3.8) is 0 Å². The average molecular weight is 480 g/mol. The molecule has 0 aliphatic rings. The van der Waals surface area contributed by atoms with Gasteiger partial charge in [0.15, 0.2) is 6.61 Å². The van der Waals surface area contributed by atoms with Crippen LogP contribution in [0, 0.1) is 10.5 Å². The fourth-order valence-corrected chi connectivity index (χ4v) is 3.09. The second-order valence-electron chi connectivity index (χ2n) is 6.29. The Morgan fingerprint density at radius 2 is 1.74 bits per heavy atom. The SMILES string of the molecule is CC[C@H](C(=O)NC)N(Cc1ccc(C)cc1)C(=O)COc1ccc(I)cc1. The molecule has 2 aromatic rings. The highest BCUT2D eigenvalue weighted by molar-refractivity contribution is 14.1. The maximum absolute atomic E-state index is 12.9. The van der Waals surface area contributed by atoms with Crippen LogP contribution in [0.1, 0.15) is 24.5 Å². The smallest absolute Gasteiger partial charge is 0.261 e. The van der Waals surface area contributed by atoms with Gasteiger partial charge in [-0.15, -0.1) is 0 Å². The van der Waals surface area contributed by atoms with Crippen molar-refractivity contribution >= 4 is 34.4 Å². The zero-order valence-electron chi connectivity index (χ0n) is 15.9. The Labute approximate surface area is 174 Å². The first kappa shape index (κ1) is 21.2. The van der Waals surface area contributed by atoms with Gasteiger partial charge in [0.05, 0.1) is 0 Å². The molecule has 0 saturated carbocycles. The lowest BCUT2D eigenvalue weighted by atomic mass is 10.1. The van der Waals surface area contributed by atoms with Crippen LogP contribution in [0.5, 0.6) is 5.75 Å². The van der Waals surface area contributed by atoms with Crippen LogP contribution in [0.2, 0.25) is 0 Å². The Hall–Kier alpha value is -2.09. The fraction of sp³-hybridized carbons (Fsp3) is 0.333. The summed E-state index contributed by atoms with van der Waals surface area (Å²) in [6, 6.07) is 14.9. The second-order valence-corrected chi connectivity index (χ2v) is 7.53. The van der Waals surface area contributed by atoms with Crippen molar-refractivity contribution in [2.24, 2.45) is 0 Å². The number of carbonyl (C=O) groups excluding carboxylic acids is 2. The van der Waals surface area contributed by atoms with Crippen molar-refractivity contribution < 1.29 is 14.3 Å². The number of ether oxygens (including phenoxy) is 1. The molecule has 2 rings (SSSR count). The minimum Gasteiger partial charge on any atom is -0.484 e. The molecule has 0 bridgehead atoms. The zero-order chi connectivity index (χ0) is 19.8. The summed E-state index contributed by atoms with van der Waals surface area (Å²) in [5, 5.41) is 2.65. The van der Waals surface area contributed by atoms with Gasteiger partial charge in [0.2, 0.25) is 5.91 Å². The number of likely N-dealkylation sites (N-methyl/N-ethyl adjacent to an activating group) is 1. The maximum Gasteiger partial charge on any atom is 0.261 e. The van der Waals surface area contributed by atoms with Crippen LogP contribution < -0.4 is 10.1 Å². The lowest BCUT2D eigenvalue weighted by Crippen LogP contribution is -2.49. The third-order valence-electron chi connectivity index (χ3n) is 4.28. The van der Waals surface area contributed by atoms with Gasteiger partial charge in [-0.2, -0.15) is 0 Å². The van der Waals surface area contributed by atoms with Crippen LogP contribution in [-0.4, -0.2) is 36.4 Å². The molecule has 2 aromatic carbocycles. The molecule has 5 nitrogen and oxygen atoms in total. The summed E-state index contributed by atoms with van der Waals surface area (Å²) in [5.74, 6) is 0.240. The second kappa shape index (κ2) is 10.3. The van der Waals surface area contributed by atoms with Crippen LogP contribution >= 0.6 is 22.6 Å². The Morgan fingerprint density at radius 1 is 1.11 bits per heavy atom. The average Bonchev–Trinajstić information content (AvgIpc) is 2.68. The molecule has 0 aromatic heterocycles. The number of benzene rings is 2. The molecule has 27 heavy (non-hydrogen) atoms. The molecule has 1 atom stereocenters. The third kappa shape index (κ3) is 6.23. The molecule has 1 N–H and O–H groups in total. The number of rotatable bonds is 8. The molecule has 0 unspecified atom stereocenters. The predicted molar refractivity (Wildman–Crippen MR) is 115 cm³/mol. The summed E-state index contributed by atoms with van der Waals surface area (Å²) in [6.07, 6.45) is 0.529. The van der Waals surface area contributed by atoms with Crippen molar-refractivity contribution in [2.75, 3.05) is 13.7 Å². The third-order valence-corrected chi connectivity index (χ3v) is 5.00. The van der Waals surface area contributed by atoms with E-state index >= 15 is 0 Å². The van der Waals surface area contributed by atoms with Gasteiger partial charge in [0.25, 0.3) is 5.91 Å². The number of hydrogen-bond acceptors (Lipinski definition) is 3. The summed E-state index contributed by atoms with van der Waals surface area (Å²) in [7, 11) is 1.58. The zero-order valence-corrected chi connectivity index (χ0v) is 18.0. The van der Waals surface area contributed by atoms with Gasteiger partial charge >= 0.3 is 0 Å². The predicted octanol–water partition coefficient (Wildman–Crippen LogP) is 3.53. The number of nitrogens with one attached hydrogen (secondary N) is 1. The number of carbonyl (C=O) groups is 2. The summed E-state index contributed by atoms with van der Waals surface area (Å²) >= 11 is 2.21. The van der Waals surface area contributed by atoms with Crippen molar-refractivity contribution in [1.82, 2.24) is 10.2 Å². The van der Waals surface area contributed by atoms with Crippen LogP contribution in [-0.2, 0) is 16.1 Å². The topological polar surface area (TPSA) is 58.6 Å². The molecule has 0 aliphatic carbocycles.